The fourth-order valence-corrected chi connectivity index (χ4v) is 6.30. The highest BCUT2D eigenvalue weighted by Crippen LogP contribution is 2.43. The number of carbonyl (C=O) groups excluding carboxylic acids is 4. The highest BCUT2D eigenvalue weighted by Gasteiger charge is 2.32. The molecule has 0 bridgehead atoms. The van der Waals surface area contributed by atoms with Gasteiger partial charge < -0.3 is 18.9 Å². The summed E-state index contributed by atoms with van der Waals surface area (Å²) in [5, 5.41) is 0. The summed E-state index contributed by atoms with van der Waals surface area (Å²) < 4.78 is 23.4. The molecule has 8 heteroatoms. The van der Waals surface area contributed by atoms with Gasteiger partial charge in [0, 0.05) is 30.0 Å². The van der Waals surface area contributed by atoms with E-state index in [-0.39, 0.29) is 53.3 Å². The summed E-state index contributed by atoms with van der Waals surface area (Å²) in [5.74, 6) is -1.23. The van der Waals surface area contributed by atoms with Crippen LogP contribution in [0.5, 0.6) is 17.2 Å². The number of hydrogen-bond acceptors (Lipinski definition) is 8. The first-order chi connectivity index (χ1) is 23.0. The average Bonchev–Trinajstić information content (AvgIpc) is 3.01. The minimum absolute atomic E-state index is 0.0450. The lowest BCUT2D eigenvalue weighted by molar-refractivity contribution is -0.147. The Hall–Kier alpha value is -3.68. The monoisotopic (exact) mass is 664 g/mol. The molecule has 1 atom stereocenters. The number of unbranched alkanes of at least 4 members (excludes halogenated alkanes) is 12. The third-order valence-corrected chi connectivity index (χ3v) is 8.65. The van der Waals surface area contributed by atoms with Gasteiger partial charge in [-0.05, 0) is 56.4 Å². The lowest BCUT2D eigenvalue weighted by Gasteiger charge is -2.26. The van der Waals surface area contributed by atoms with Gasteiger partial charge in [0.2, 0.25) is 0 Å². The Balaban J connectivity index is 1.68. The summed E-state index contributed by atoms with van der Waals surface area (Å²) in [6.07, 6.45) is 15.9. The van der Waals surface area contributed by atoms with Crippen LogP contribution < -0.4 is 9.47 Å². The summed E-state index contributed by atoms with van der Waals surface area (Å²) in [7, 11) is 0. The Morgan fingerprint density at radius 1 is 0.854 bits per heavy atom. The number of rotatable bonds is 20. The summed E-state index contributed by atoms with van der Waals surface area (Å²) >= 11 is 0. The van der Waals surface area contributed by atoms with Crippen molar-refractivity contribution in [2.24, 2.45) is 5.92 Å². The molecule has 0 fully saturated rings. The molecule has 48 heavy (non-hydrogen) atoms. The fourth-order valence-electron chi connectivity index (χ4n) is 6.30. The minimum Gasteiger partial charge on any atom is -0.458 e. The van der Waals surface area contributed by atoms with Crippen LogP contribution >= 0.6 is 0 Å². The summed E-state index contributed by atoms with van der Waals surface area (Å²) in [6, 6.07) is 6.76. The number of cyclic esters (lactones) is 1. The molecule has 8 nitrogen and oxygen atoms in total. The SMILES string of the molecule is CCCCCCCCCCCCCCCC(=O)Oc1cc(C)cc2c1Oc1ccc(C(CC(C)C)OC(C)=O)c(C(C)=O)c1C(=O)OC2. The Bertz CT molecular complexity index is 1390. The second-order valence-electron chi connectivity index (χ2n) is 13.6. The quantitative estimate of drug-likeness (QED) is 0.0596. The van der Waals surface area contributed by atoms with Crippen molar-refractivity contribution in [2.45, 2.75) is 151 Å². The first-order valence-electron chi connectivity index (χ1n) is 18.1. The van der Waals surface area contributed by atoms with Gasteiger partial charge in [0.1, 0.15) is 24.0 Å². The molecule has 0 saturated heterocycles. The molecule has 2 aromatic rings. The maximum atomic E-state index is 13.4. The second-order valence-corrected chi connectivity index (χ2v) is 13.6. The predicted octanol–water partition coefficient (Wildman–Crippen LogP) is 10.7. The summed E-state index contributed by atoms with van der Waals surface area (Å²) in [4.78, 5) is 51.4. The van der Waals surface area contributed by atoms with Gasteiger partial charge in [0.15, 0.2) is 17.3 Å². The molecule has 0 radical (unpaired) electrons. The Morgan fingerprint density at radius 2 is 1.46 bits per heavy atom. The number of carbonyl (C=O) groups is 4. The zero-order valence-electron chi connectivity index (χ0n) is 30.0. The molecule has 1 unspecified atom stereocenters. The molecule has 264 valence electrons. The molecule has 1 aliphatic rings. The third-order valence-electron chi connectivity index (χ3n) is 8.65. The molecular weight excluding hydrogens is 608 g/mol. The molecule has 0 amide bonds. The number of ether oxygens (including phenoxy) is 4. The van der Waals surface area contributed by atoms with Crippen LogP contribution in [0, 0.1) is 12.8 Å². The van der Waals surface area contributed by atoms with Crippen molar-refractivity contribution in [2.75, 3.05) is 0 Å². The van der Waals surface area contributed by atoms with Crippen molar-refractivity contribution in [3.63, 3.8) is 0 Å². The molecular formula is C40H56O8. The maximum Gasteiger partial charge on any atom is 0.343 e. The van der Waals surface area contributed by atoms with E-state index in [1.807, 2.05) is 26.8 Å². The minimum atomic E-state index is -0.735. The zero-order valence-corrected chi connectivity index (χ0v) is 30.0. The van der Waals surface area contributed by atoms with E-state index < -0.39 is 23.8 Å². The van der Waals surface area contributed by atoms with Crippen molar-refractivity contribution in [1.82, 2.24) is 0 Å². The van der Waals surface area contributed by atoms with E-state index in [9.17, 15) is 19.2 Å². The Labute approximate surface area is 287 Å². The molecule has 0 N–H and O–H groups in total. The van der Waals surface area contributed by atoms with Crippen LogP contribution in [0.1, 0.15) is 174 Å². The molecule has 0 aromatic heterocycles. The molecule has 2 aromatic carbocycles. The van der Waals surface area contributed by atoms with E-state index in [2.05, 4.69) is 6.92 Å². The van der Waals surface area contributed by atoms with Gasteiger partial charge >= 0.3 is 17.9 Å². The number of ketones is 1. The van der Waals surface area contributed by atoms with Gasteiger partial charge in [-0.15, -0.1) is 0 Å². The van der Waals surface area contributed by atoms with Gasteiger partial charge in [-0.3, -0.25) is 14.4 Å². The molecule has 1 aliphatic heterocycles. The van der Waals surface area contributed by atoms with Crippen LogP contribution in [0.2, 0.25) is 0 Å². The lowest BCUT2D eigenvalue weighted by atomic mass is 9.90. The van der Waals surface area contributed by atoms with Gasteiger partial charge in [-0.25, -0.2) is 4.79 Å². The number of fused-ring (bicyclic) bond motifs is 2. The van der Waals surface area contributed by atoms with Crippen molar-refractivity contribution < 1.29 is 38.1 Å². The summed E-state index contributed by atoms with van der Waals surface area (Å²) in [6.45, 7) is 10.6. The van der Waals surface area contributed by atoms with Gasteiger partial charge in [-0.2, -0.15) is 0 Å². The topological polar surface area (TPSA) is 105 Å². The van der Waals surface area contributed by atoms with Crippen molar-refractivity contribution in [1.29, 1.82) is 0 Å². The van der Waals surface area contributed by atoms with Crippen molar-refractivity contribution in [3.05, 3.63) is 52.1 Å². The zero-order chi connectivity index (χ0) is 35.1. The van der Waals surface area contributed by atoms with Crippen LogP contribution in [-0.2, 0) is 25.7 Å². The third kappa shape index (κ3) is 12.1. The number of benzene rings is 2. The van der Waals surface area contributed by atoms with E-state index in [1.54, 1.807) is 18.2 Å². The first-order valence-corrected chi connectivity index (χ1v) is 18.1. The largest absolute Gasteiger partial charge is 0.458 e. The molecule has 0 saturated carbocycles. The first kappa shape index (κ1) is 38.8. The number of hydrogen-bond donors (Lipinski definition) is 0. The summed E-state index contributed by atoms with van der Waals surface area (Å²) in [5.41, 5.74) is 1.82. The standard InChI is InChI=1S/C40H56O8/c1-7-8-9-10-11-12-13-14-15-16-17-18-19-20-36(43)47-35-25-28(4)24-31-26-45-40(44)38-33(48-39(31)35)22-21-32(37(38)29(5)41)34(23-27(2)3)46-30(6)42/h21-22,24-25,27,34H,7-20,23,26H2,1-6H3. The van der Waals surface area contributed by atoms with Crippen molar-refractivity contribution >= 4 is 23.7 Å². The molecule has 0 spiro atoms. The smallest absolute Gasteiger partial charge is 0.343 e. The second kappa shape index (κ2) is 20.0. The Morgan fingerprint density at radius 3 is 2.02 bits per heavy atom. The van der Waals surface area contributed by atoms with Crippen LogP contribution in [0.25, 0.3) is 0 Å². The number of aryl methyl sites for hydroxylation is 1. The average molecular weight is 665 g/mol. The number of Topliss-reactive ketones (excluding diaryl/α,β-unsaturated/α-hetero) is 1. The molecule has 1 heterocycles. The van der Waals surface area contributed by atoms with Crippen LogP contribution in [-0.4, -0.2) is 23.7 Å². The van der Waals surface area contributed by atoms with Crippen LogP contribution in [0.15, 0.2) is 24.3 Å². The maximum absolute atomic E-state index is 13.4. The van der Waals surface area contributed by atoms with Crippen molar-refractivity contribution in [3.8, 4) is 17.2 Å². The molecule has 0 aliphatic carbocycles. The van der Waals surface area contributed by atoms with Crippen LogP contribution in [0.3, 0.4) is 0 Å². The van der Waals surface area contributed by atoms with Gasteiger partial charge in [0.05, 0.1) is 0 Å². The Kier molecular flexibility index (Phi) is 16.1. The van der Waals surface area contributed by atoms with Gasteiger partial charge in [-0.1, -0.05) is 104 Å². The van der Waals surface area contributed by atoms with E-state index in [0.29, 0.717) is 17.5 Å². The highest BCUT2D eigenvalue weighted by molar-refractivity contribution is 6.08. The lowest BCUT2D eigenvalue weighted by Crippen LogP contribution is -2.20. The fraction of sp³-hybridized carbons (Fsp3) is 0.600. The highest BCUT2D eigenvalue weighted by atomic mass is 16.6. The number of esters is 3. The van der Waals surface area contributed by atoms with Gasteiger partial charge in [0.25, 0.3) is 0 Å². The van der Waals surface area contributed by atoms with E-state index >= 15 is 0 Å². The van der Waals surface area contributed by atoms with Crippen LogP contribution in [0.4, 0.5) is 0 Å². The van der Waals surface area contributed by atoms with E-state index in [4.69, 9.17) is 18.9 Å². The molecule has 3 rings (SSSR count). The van der Waals surface area contributed by atoms with E-state index in [0.717, 1.165) is 24.8 Å². The predicted molar refractivity (Wildman–Crippen MR) is 187 cm³/mol. The normalized spacial score (nSPS) is 13.0. The van der Waals surface area contributed by atoms with E-state index in [1.165, 1.54) is 78.1 Å².